The Hall–Kier alpha value is -2.93. The van der Waals surface area contributed by atoms with Crippen molar-refractivity contribution >= 4 is 39.8 Å². The van der Waals surface area contributed by atoms with Gasteiger partial charge in [0, 0.05) is 37.2 Å². The second-order valence-corrected chi connectivity index (χ2v) is 8.65. The highest BCUT2D eigenvalue weighted by molar-refractivity contribution is 9.10. The molecule has 0 aromatic heterocycles. The molecule has 0 unspecified atom stereocenters. The normalized spacial score (nSPS) is 14.4. The van der Waals surface area contributed by atoms with E-state index >= 15 is 0 Å². The van der Waals surface area contributed by atoms with Gasteiger partial charge in [0.15, 0.2) is 6.61 Å². The molecule has 0 spiro atoms. The van der Waals surface area contributed by atoms with E-state index in [1.807, 2.05) is 54.6 Å². The molecule has 1 heterocycles. The Bertz CT molecular complexity index is 969. The number of likely N-dealkylation sites (tertiary alicyclic amines) is 1. The molecular weight excluding hydrogens is 472 g/mol. The molecule has 0 radical (unpaired) electrons. The molecule has 168 valence electrons. The second kappa shape index (κ2) is 11.6. The maximum atomic E-state index is 12.4. The number of piperidine rings is 1. The highest BCUT2D eigenvalue weighted by Gasteiger charge is 2.28. The van der Waals surface area contributed by atoms with Gasteiger partial charge in [-0.05, 0) is 36.1 Å². The molecule has 0 atom stereocenters. The smallest absolute Gasteiger partial charge is 0.309 e. The van der Waals surface area contributed by atoms with Crippen molar-refractivity contribution in [3.8, 4) is 0 Å². The lowest BCUT2D eigenvalue weighted by Gasteiger charge is -2.30. The fourth-order valence-electron chi connectivity index (χ4n) is 3.50. The van der Waals surface area contributed by atoms with E-state index in [1.54, 1.807) is 24.1 Å². The average molecular weight is 499 g/mol. The van der Waals surface area contributed by atoms with Crippen molar-refractivity contribution in [2.75, 3.05) is 26.7 Å². The third-order valence-electron chi connectivity index (χ3n) is 5.49. The fourth-order valence-corrected chi connectivity index (χ4v) is 3.91. The average Bonchev–Trinajstić information content (AvgIpc) is 2.83. The van der Waals surface area contributed by atoms with E-state index in [4.69, 9.17) is 4.74 Å². The summed E-state index contributed by atoms with van der Waals surface area (Å²) < 4.78 is 6.20. The van der Waals surface area contributed by atoms with Crippen molar-refractivity contribution in [2.45, 2.75) is 19.4 Å². The maximum Gasteiger partial charge on any atom is 0.309 e. The van der Waals surface area contributed by atoms with Gasteiger partial charge in [-0.25, -0.2) is 0 Å². The van der Waals surface area contributed by atoms with E-state index in [0.29, 0.717) is 32.5 Å². The van der Waals surface area contributed by atoms with Crippen LogP contribution in [0.4, 0.5) is 0 Å². The van der Waals surface area contributed by atoms with Crippen LogP contribution in [-0.2, 0) is 25.7 Å². The summed E-state index contributed by atoms with van der Waals surface area (Å²) >= 11 is 3.47. The number of rotatable bonds is 7. The topological polar surface area (TPSA) is 66.9 Å². The summed E-state index contributed by atoms with van der Waals surface area (Å²) in [5.41, 5.74) is 1.95. The van der Waals surface area contributed by atoms with E-state index in [0.717, 1.165) is 15.6 Å². The van der Waals surface area contributed by atoms with Crippen molar-refractivity contribution in [1.29, 1.82) is 0 Å². The summed E-state index contributed by atoms with van der Waals surface area (Å²) in [6.45, 7) is 1.13. The predicted molar refractivity (Wildman–Crippen MR) is 126 cm³/mol. The van der Waals surface area contributed by atoms with Gasteiger partial charge >= 0.3 is 5.97 Å². The first-order chi connectivity index (χ1) is 15.4. The van der Waals surface area contributed by atoms with Crippen LogP contribution in [0.15, 0.2) is 65.1 Å². The number of amides is 2. The molecule has 1 aliphatic rings. The summed E-state index contributed by atoms with van der Waals surface area (Å²) in [4.78, 5) is 40.4. The molecule has 1 saturated heterocycles. The minimum absolute atomic E-state index is 0.0652. The van der Waals surface area contributed by atoms with Crippen LogP contribution in [-0.4, -0.2) is 54.3 Å². The number of hydrogen-bond acceptors (Lipinski definition) is 4. The van der Waals surface area contributed by atoms with Crippen LogP contribution < -0.4 is 0 Å². The number of ether oxygens (including phenoxy) is 1. The molecule has 2 aromatic carbocycles. The Labute approximate surface area is 197 Å². The summed E-state index contributed by atoms with van der Waals surface area (Å²) in [6, 6.07) is 17.3. The molecule has 0 bridgehead atoms. The zero-order chi connectivity index (χ0) is 22.9. The summed E-state index contributed by atoms with van der Waals surface area (Å²) in [5, 5.41) is 0. The van der Waals surface area contributed by atoms with Crippen LogP contribution in [0.3, 0.4) is 0 Å². The summed E-state index contributed by atoms with van der Waals surface area (Å²) in [7, 11) is 1.68. The minimum Gasteiger partial charge on any atom is -0.455 e. The van der Waals surface area contributed by atoms with Gasteiger partial charge in [0.05, 0.1) is 5.92 Å². The van der Waals surface area contributed by atoms with Crippen molar-refractivity contribution in [2.24, 2.45) is 5.92 Å². The Kier molecular flexibility index (Phi) is 8.62. The fraction of sp³-hybridized carbons (Fsp3) is 0.320. The van der Waals surface area contributed by atoms with Gasteiger partial charge in [-0.15, -0.1) is 0 Å². The van der Waals surface area contributed by atoms with Crippen molar-refractivity contribution < 1.29 is 19.1 Å². The number of carbonyl (C=O) groups excluding carboxylic acids is 3. The van der Waals surface area contributed by atoms with Crippen molar-refractivity contribution in [1.82, 2.24) is 9.80 Å². The molecule has 2 amide bonds. The van der Waals surface area contributed by atoms with Crippen molar-refractivity contribution in [3.05, 3.63) is 76.3 Å². The Morgan fingerprint density at radius 1 is 1.06 bits per heavy atom. The SMILES string of the molecule is CN(Cc1ccccc1Br)C(=O)COC(=O)C1CCN(C(=O)/C=C/c2ccccc2)CC1. The number of nitrogens with zero attached hydrogens (tertiary/aromatic N) is 2. The third kappa shape index (κ3) is 6.79. The minimum atomic E-state index is -0.375. The van der Waals surface area contributed by atoms with Gasteiger partial charge in [-0.3, -0.25) is 14.4 Å². The Balaban J connectivity index is 1.40. The van der Waals surface area contributed by atoms with Gasteiger partial charge in [0.2, 0.25) is 5.91 Å². The number of likely N-dealkylation sites (N-methyl/N-ethyl adjacent to an activating group) is 1. The number of halogens is 1. The van der Waals surface area contributed by atoms with Crippen LogP contribution in [0.25, 0.3) is 6.08 Å². The molecule has 2 aromatic rings. The van der Waals surface area contributed by atoms with Gasteiger partial charge < -0.3 is 14.5 Å². The molecule has 1 aliphatic heterocycles. The summed E-state index contributed by atoms with van der Waals surface area (Å²) in [5.74, 6) is -0.990. The molecule has 6 nitrogen and oxygen atoms in total. The first-order valence-electron chi connectivity index (χ1n) is 10.6. The predicted octanol–water partition coefficient (Wildman–Crippen LogP) is 3.90. The first kappa shape index (κ1) is 23.7. The number of hydrogen-bond donors (Lipinski definition) is 0. The van der Waals surface area contributed by atoms with Crippen LogP contribution in [0.1, 0.15) is 24.0 Å². The highest BCUT2D eigenvalue weighted by atomic mass is 79.9. The molecule has 32 heavy (non-hydrogen) atoms. The quantitative estimate of drug-likeness (QED) is 0.428. The number of carbonyl (C=O) groups is 3. The van der Waals surface area contributed by atoms with Gasteiger partial charge in [0.25, 0.3) is 5.91 Å². The summed E-state index contributed by atoms with van der Waals surface area (Å²) in [6.07, 6.45) is 4.42. The second-order valence-electron chi connectivity index (χ2n) is 7.79. The monoisotopic (exact) mass is 498 g/mol. The van der Waals surface area contributed by atoms with Crippen molar-refractivity contribution in [3.63, 3.8) is 0 Å². The van der Waals surface area contributed by atoms with E-state index in [2.05, 4.69) is 15.9 Å². The zero-order valence-corrected chi connectivity index (χ0v) is 19.7. The van der Waals surface area contributed by atoms with Gasteiger partial charge in [-0.2, -0.15) is 0 Å². The highest BCUT2D eigenvalue weighted by Crippen LogP contribution is 2.20. The lowest BCUT2D eigenvalue weighted by molar-refractivity contribution is -0.157. The lowest BCUT2D eigenvalue weighted by Crippen LogP contribution is -2.40. The Morgan fingerprint density at radius 3 is 2.41 bits per heavy atom. The molecule has 0 aliphatic carbocycles. The van der Waals surface area contributed by atoms with Gasteiger partial charge in [0.1, 0.15) is 0 Å². The van der Waals surface area contributed by atoms with E-state index in [9.17, 15) is 14.4 Å². The standard InChI is InChI=1S/C25H27BrN2O4/c1-27(17-21-9-5-6-10-22(21)26)24(30)18-32-25(31)20-13-15-28(16-14-20)23(29)12-11-19-7-3-2-4-8-19/h2-12,20H,13-18H2,1H3/b12-11+. The zero-order valence-electron chi connectivity index (χ0n) is 18.1. The van der Waals surface area contributed by atoms with E-state index in [-0.39, 0.29) is 30.3 Å². The molecule has 3 rings (SSSR count). The van der Waals surface area contributed by atoms with Crippen LogP contribution in [0.5, 0.6) is 0 Å². The van der Waals surface area contributed by atoms with Crippen LogP contribution in [0, 0.1) is 5.92 Å². The maximum absolute atomic E-state index is 12.4. The molecule has 7 heteroatoms. The molecule has 0 N–H and O–H groups in total. The van der Waals surface area contributed by atoms with Gasteiger partial charge in [-0.1, -0.05) is 64.5 Å². The van der Waals surface area contributed by atoms with Crippen LogP contribution >= 0.6 is 15.9 Å². The number of esters is 1. The third-order valence-corrected chi connectivity index (χ3v) is 6.26. The lowest BCUT2D eigenvalue weighted by atomic mass is 9.97. The molecular formula is C25H27BrN2O4. The molecule has 1 fully saturated rings. The number of benzene rings is 2. The van der Waals surface area contributed by atoms with E-state index < -0.39 is 0 Å². The largest absolute Gasteiger partial charge is 0.455 e. The van der Waals surface area contributed by atoms with Crippen LogP contribution in [0.2, 0.25) is 0 Å². The Morgan fingerprint density at radius 2 is 1.72 bits per heavy atom. The first-order valence-corrected chi connectivity index (χ1v) is 11.4. The molecule has 0 saturated carbocycles. The van der Waals surface area contributed by atoms with E-state index in [1.165, 1.54) is 4.90 Å².